The molecular formula is C13H11NO3S. The van der Waals surface area contributed by atoms with Crippen LogP contribution in [0.2, 0.25) is 0 Å². The average molecular weight is 261 g/mol. The second kappa shape index (κ2) is 5.46. The van der Waals surface area contributed by atoms with Crippen LogP contribution in [-0.4, -0.2) is 18.8 Å². The van der Waals surface area contributed by atoms with E-state index >= 15 is 0 Å². The highest BCUT2D eigenvalue weighted by atomic mass is 32.1. The molecule has 1 heterocycles. The summed E-state index contributed by atoms with van der Waals surface area (Å²) in [6.45, 7) is 0. The molecule has 92 valence electrons. The molecule has 0 aliphatic carbocycles. The van der Waals surface area contributed by atoms with Crippen molar-refractivity contribution in [3.05, 3.63) is 46.7 Å². The Bertz CT molecular complexity index is 546. The van der Waals surface area contributed by atoms with Crippen LogP contribution in [0.1, 0.15) is 9.67 Å². The molecule has 0 saturated heterocycles. The van der Waals surface area contributed by atoms with Gasteiger partial charge in [-0.2, -0.15) is 0 Å². The van der Waals surface area contributed by atoms with Gasteiger partial charge >= 0.3 is 0 Å². The van der Waals surface area contributed by atoms with E-state index in [9.17, 15) is 9.59 Å². The Balaban J connectivity index is 2.04. The second-order valence-corrected chi connectivity index (χ2v) is 4.44. The van der Waals surface area contributed by atoms with Crippen LogP contribution in [0.4, 0.5) is 5.69 Å². The minimum absolute atomic E-state index is 0.431. The highest BCUT2D eigenvalue weighted by Crippen LogP contribution is 2.16. The molecule has 18 heavy (non-hydrogen) atoms. The second-order valence-electron chi connectivity index (χ2n) is 3.49. The highest BCUT2D eigenvalue weighted by Gasteiger charge is 2.16. The molecule has 0 radical (unpaired) electrons. The number of thiophene rings is 1. The number of hydrogen-bond donors (Lipinski definition) is 1. The van der Waals surface area contributed by atoms with Gasteiger partial charge in [-0.1, -0.05) is 6.07 Å². The zero-order chi connectivity index (χ0) is 13.0. The lowest BCUT2D eigenvalue weighted by atomic mass is 10.2. The monoisotopic (exact) mass is 261 g/mol. The normalized spacial score (nSPS) is 9.83. The topological polar surface area (TPSA) is 55.4 Å². The predicted octanol–water partition coefficient (Wildman–Crippen LogP) is 2.58. The lowest BCUT2D eigenvalue weighted by Gasteiger charge is -2.04. The highest BCUT2D eigenvalue weighted by molar-refractivity contribution is 7.13. The van der Waals surface area contributed by atoms with E-state index in [2.05, 4.69) is 5.32 Å². The summed E-state index contributed by atoms with van der Waals surface area (Å²) in [5.41, 5.74) is 0.561. The van der Waals surface area contributed by atoms with Crippen LogP contribution in [0.25, 0.3) is 0 Å². The molecule has 0 aliphatic rings. The van der Waals surface area contributed by atoms with Crippen LogP contribution < -0.4 is 10.1 Å². The molecule has 5 heteroatoms. The van der Waals surface area contributed by atoms with Crippen LogP contribution >= 0.6 is 11.3 Å². The van der Waals surface area contributed by atoms with Crippen molar-refractivity contribution in [1.82, 2.24) is 0 Å². The lowest BCUT2D eigenvalue weighted by molar-refractivity contribution is -0.112. The summed E-state index contributed by atoms with van der Waals surface area (Å²) in [4.78, 5) is 23.8. The van der Waals surface area contributed by atoms with Crippen molar-refractivity contribution in [3.63, 3.8) is 0 Å². The van der Waals surface area contributed by atoms with E-state index in [4.69, 9.17) is 4.74 Å². The van der Waals surface area contributed by atoms with Gasteiger partial charge in [0, 0.05) is 5.69 Å². The van der Waals surface area contributed by atoms with Gasteiger partial charge in [0.15, 0.2) is 0 Å². The van der Waals surface area contributed by atoms with Crippen LogP contribution in [0.15, 0.2) is 41.8 Å². The van der Waals surface area contributed by atoms with Gasteiger partial charge in [0.05, 0.1) is 12.0 Å². The van der Waals surface area contributed by atoms with E-state index in [0.717, 1.165) is 0 Å². The number of anilines is 1. The molecule has 0 spiro atoms. The van der Waals surface area contributed by atoms with Gasteiger partial charge in [0.1, 0.15) is 5.75 Å². The molecule has 0 saturated carbocycles. The van der Waals surface area contributed by atoms with Crippen molar-refractivity contribution in [1.29, 1.82) is 0 Å². The summed E-state index contributed by atoms with van der Waals surface area (Å²) >= 11 is 1.25. The molecule has 0 bridgehead atoms. The van der Waals surface area contributed by atoms with E-state index < -0.39 is 11.7 Å². The van der Waals surface area contributed by atoms with Gasteiger partial charge in [0.25, 0.3) is 11.7 Å². The first-order valence-corrected chi connectivity index (χ1v) is 6.12. The zero-order valence-electron chi connectivity index (χ0n) is 9.67. The molecule has 1 N–H and O–H groups in total. The number of ether oxygens (including phenoxy) is 1. The van der Waals surface area contributed by atoms with Crippen LogP contribution in [-0.2, 0) is 4.79 Å². The summed E-state index contributed by atoms with van der Waals surface area (Å²) < 4.78 is 5.00. The molecule has 1 amide bonds. The Kier molecular flexibility index (Phi) is 3.74. The number of carbonyl (C=O) groups excluding carboxylic acids is 2. The standard InChI is InChI=1S/C13H11NO3S/c1-17-10-6-4-9(5-7-10)14-13(16)12(15)11-3-2-8-18-11/h2-8H,1H3,(H,14,16). The number of ketones is 1. The van der Waals surface area contributed by atoms with Gasteiger partial charge in [-0.15, -0.1) is 11.3 Å². The van der Waals surface area contributed by atoms with Gasteiger partial charge in [-0.3, -0.25) is 9.59 Å². The first-order valence-electron chi connectivity index (χ1n) is 5.24. The molecule has 4 nitrogen and oxygen atoms in total. The van der Waals surface area contributed by atoms with Crippen molar-refractivity contribution in [2.45, 2.75) is 0 Å². The maximum absolute atomic E-state index is 11.7. The van der Waals surface area contributed by atoms with Crippen molar-refractivity contribution in [3.8, 4) is 5.75 Å². The van der Waals surface area contributed by atoms with E-state index in [1.165, 1.54) is 11.3 Å². The maximum atomic E-state index is 11.7. The molecular weight excluding hydrogens is 250 g/mol. The molecule has 1 aromatic carbocycles. The number of methoxy groups -OCH3 is 1. The number of carbonyl (C=O) groups is 2. The van der Waals surface area contributed by atoms with Crippen LogP contribution in [0.3, 0.4) is 0 Å². The van der Waals surface area contributed by atoms with Gasteiger partial charge < -0.3 is 10.1 Å². The summed E-state index contributed by atoms with van der Waals surface area (Å²) in [7, 11) is 1.56. The Morgan fingerprint density at radius 3 is 2.44 bits per heavy atom. The minimum atomic E-state index is -0.636. The largest absolute Gasteiger partial charge is 0.497 e. The average Bonchev–Trinajstić information content (AvgIpc) is 2.92. The minimum Gasteiger partial charge on any atom is -0.497 e. The molecule has 2 aromatic rings. The quantitative estimate of drug-likeness (QED) is 0.679. The van der Waals surface area contributed by atoms with Gasteiger partial charge in [-0.05, 0) is 35.7 Å². The number of benzene rings is 1. The number of rotatable bonds is 4. The van der Waals surface area contributed by atoms with Crippen LogP contribution in [0, 0.1) is 0 Å². The molecule has 1 aromatic heterocycles. The van der Waals surface area contributed by atoms with Gasteiger partial charge in [-0.25, -0.2) is 0 Å². The smallest absolute Gasteiger partial charge is 0.297 e. The summed E-state index contributed by atoms with van der Waals surface area (Å²) in [6.07, 6.45) is 0. The van der Waals surface area contributed by atoms with Crippen molar-refractivity contribution in [2.75, 3.05) is 12.4 Å². The lowest BCUT2D eigenvalue weighted by Crippen LogP contribution is -2.21. The van der Waals surface area contributed by atoms with Gasteiger partial charge in [0.2, 0.25) is 0 Å². The number of nitrogens with one attached hydrogen (secondary N) is 1. The summed E-state index contributed by atoms with van der Waals surface area (Å²) in [5, 5.41) is 4.30. The third-order valence-electron chi connectivity index (χ3n) is 2.30. The number of amides is 1. The molecule has 0 fully saturated rings. The molecule has 0 unspecified atom stereocenters. The number of hydrogen-bond acceptors (Lipinski definition) is 4. The fourth-order valence-corrected chi connectivity index (χ4v) is 2.04. The Labute approximate surface area is 108 Å². The zero-order valence-corrected chi connectivity index (χ0v) is 10.5. The first-order chi connectivity index (χ1) is 8.70. The Morgan fingerprint density at radius 1 is 1.17 bits per heavy atom. The molecule has 0 atom stereocenters. The van der Waals surface area contributed by atoms with E-state index in [1.807, 2.05) is 0 Å². The van der Waals surface area contributed by atoms with E-state index in [0.29, 0.717) is 16.3 Å². The molecule has 0 aliphatic heterocycles. The SMILES string of the molecule is COc1ccc(NC(=O)C(=O)c2cccs2)cc1. The third kappa shape index (κ3) is 2.75. The summed E-state index contributed by atoms with van der Waals surface area (Å²) in [5.74, 6) is -0.471. The van der Waals surface area contributed by atoms with Crippen molar-refractivity contribution >= 4 is 28.7 Å². The van der Waals surface area contributed by atoms with E-state index in [-0.39, 0.29) is 0 Å². The fraction of sp³-hybridized carbons (Fsp3) is 0.0769. The summed E-state index contributed by atoms with van der Waals surface area (Å²) in [6, 6.07) is 10.1. The maximum Gasteiger partial charge on any atom is 0.297 e. The fourth-order valence-electron chi connectivity index (χ4n) is 1.38. The Hall–Kier alpha value is -2.14. The Morgan fingerprint density at radius 2 is 1.89 bits per heavy atom. The number of Topliss-reactive ketones (excluding diaryl/α,β-unsaturated/α-hetero) is 1. The third-order valence-corrected chi connectivity index (χ3v) is 3.17. The predicted molar refractivity (Wildman–Crippen MR) is 70.3 cm³/mol. The molecule has 2 rings (SSSR count). The van der Waals surface area contributed by atoms with Crippen molar-refractivity contribution in [2.24, 2.45) is 0 Å². The van der Waals surface area contributed by atoms with Crippen LogP contribution in [0.5, 0.6) is 5.75 Å². The first kappa shape index (κ1) is 12.3. The van der Waals surface area contributed by atoms with Crippen molar-refractivity contribution < 1.29 is 14.3 Å². The van der Waals surface area contributed by atoms with E-state index in [1.54, 1.807) is 48.9 Å².